The first-order chi connectivity index (χ1) is 9.95. The number of carboxylic acid groups (broad SMARTS) is 1. The molecule has 0 radical (unpaired) electrons. The summed E-state index contributed by atoms with van der Waals surface area (Å²) in [5, 5.41) is 23.9. The molecule has 0 aliphatic carbocycles. The summed E-state index contributed by atoms with van der Waals surface area (Å²) in [6, 6.07) is 3.46. The lowest BCUT2D eigenvalue weighted by Gasteiger charge is -2.30. The number of urea groups is 1. The Balaban J connectivity index is 1.94. The van der Waals surface area contributed by atoms with Gasteiger partial charge in [-0.15, -0.1) is 0 Å². The van der Waals surface area contributed by atoms with Crippen LogP contribution in [0.5, 0.6) is 5.75 Å². The Bertz CT molecular complexity index is 547. The highest BCUT2D eigenvalue weighted by Crippen LogP contribution is 2.24. The van der Waals surface area contributed by atoms with Crippen LogP contribution in [0.2, 0.25) is 0 Å². The third kappa shape index (κ3) is 4.09. The SMILES string of the molecule is CN1CCCC(NC(=O)Nc2ccc(C(=O)O)cc2O)C1. The maximum Gasteiger partial charge on any atom is 0.335 e. The predicted molar refractivity (Wildman–Crippen MR) is 77.7 cm³/mol. The molecule has 0 bridgehead atoms. The van der Waals surface area contributed by atoms with Crippen LogP contribution in [0.3, 0.4) is 0 Å². The number of hydrogen-bond acceptors (Lipinski definition) is 4. The number of amides is 2. The number of benzene rings is 1. The summed E-state index contributed by atoms with van der Waals surface area (Å²) in [4.78, 5) is 24.8. The fraction of sp³-hybridized carbons (Fsp3) is 0.429. The number of aromatic hydroxyl groups is 1. The molecule has 1 saturated heterocycles. The number of phenolic OH excluding ortho intramolecular Hbond substituents is 1. The number of carbonyl (C=O) groups is 2. The van der Waals surface area contributed by atoms with E-state index in [2.05, 4.69) is 15.5 Å². The lowest BCUT2D eigenvalue weighted by atomic mass is 10.1. The summed E-state index contributed by atoms with van der Waals surface area (Å²) in [6.07, 6.45) is 1.95. The van der Waals surface area contributed by atoms with Crippen molar-refractivity contribution in [2.75, 3.05) is 25.5 Å². The van der Waals surface area contributed by atoms with E-state index < -0.39 is 12.0 Å². The van der Waals surface area contributed by atoms with E-state index in [0.29, 0.717) is 0 Å². The molecule has 1 aliphatic rings. The Morgan fingerprint density at radius 1 is 1.38 bits per heavy atom. The normalized spacial score (nSPS) is 19.0. The molecular formula is C14H19N3O4. The number of rotatable bonds is 3. The quantitative estimate of drug-likeness (QED) is 0.629. The first-order valence-corrected chi connectivity index (χ1v) is 6.78. The Kier molecular flexibility index (Phi) is 4.64. The Labute approximate surface area is 122 Å². The highest BCUT2D eigenvalue weighted by atomic mass is 16.4. The molecular weight excluding hydrogens is 274 g/mol. The number of nitrogens with zero attached hydrogens (tertiary/aromatic N) is 1. The smallest absolute Gasteiger partial charge is 0.335 e. The van der Waals surface area contributed by atoms with Gasteiger partial charge in [-0.25, -0.2) is 9.59 Å². The highest BCUT2D eigenvalue weighted by Gasteiger charge is 2.19. The number of hydrogen-bond donors (Lipinski definition) is 4. The molecule has 1 aliphatic heterocycles. The fourth-order valence-electron chi connectivity index (χ4n) is 2.40. The van der Waals surface area contributed by atoms with Gasteiger partial charge >= 0.3 is 12.0 Å². The highest BCUT2D eigenvalue weighted by molar-refractivity contribution is 5.93. The predicted octanol–water partition coefficient (Wildman–Crippen LogP) is 1.31. The standard InChI is InChI=1S/C14H19N3O4/c1-17-6-2-3-10(8-17)15-14(21)16-11-5-4-9(13(19)20)7-12(11)18/h4-5,7,10,18H,2-3,6,8H2,1H3,(H,19,20)(H2,15,16,21). The van der Waals surface area contributed by atoms with Crippen LogP contribution in [0.4, 0.5) is 10.5 Å². The van der Waals surface area contributed by atoms with Gasteiger partial charge in [-0.05, 0) is 44.6 Å². The molecule has 7 heteroatoms. The van der Waals surface area contributed by atoms with Crippen molar-refractivity contribution >= 4 is 17.7 Å². The van der Waals surface area contributed by atoms with Crippen molar-refractivity contribution < 1.29 is 19.8 Å². The first-order valence-electron chi connectivity index (χ1n) is 6.78. The molecule has 7 nitrogen and oxygen atoms in total. The van der Waals surface area contributed by atoms with Crippen LogP contribution in [0.15, 0.2) is 18.2 Å². The number of anilines is 1. The maximum atomic E-state index is 11.9. The second-order valence-corrected chi connectivity index (χ2v) is 5.24. The third-order valence-corrected chi connectivity index (χ3v) is 3.45. The minimum atomic E-state index is -1.13. The van der Waals surface area contributed by atoms with E-state index in [9.17, 15) is 14.7 Å². The van der Waals surface area contributed by atoms with Crippen molar-refractivity contribution in [1.29, 1.82) is 0 Å². The molecule has 2 rings (SSSR count). The summed E-state index contributed by atoms with van der Waals surface area (Å²) < 4.78 is 0. The number of phenols is 1. The van der Waals surface area contributed by atoms with Crippen molar-refractivity contribution in [1.82, 2.24) is 10.2 Å². The molecule has 1 heterocycles. The summed E-state index contributed by atoms with van der Waals surface area (Å²) in [6.45, 7) is 1.81. The maximum absolute atomic E-state index is 11.9. The van der Waals surface area contributed by atoms with Gasteiger partial charge in [-0.2, -0.15) is 0 Å². The minimum Gasteiger partial charge on any atom is -0.506 e. The van der Waals surface area contributed by atoms with Crippen LogP contribution in [0.25, 0.3) is 0 Å². The number of nitrogens with one attached hydrogen (secondary N) is 2. The second kappa shape index (κ2) is 6.45. The Morgan fingerprint density at radius 2 is 2.14 bits per heavy atom. The van der Waals surface area contributed by atoms with Gasteiger partial charge in [-0.3, -0.25) is 0 Å². The van der Waals surface area contributed by atoms with Gasteiger partial charge in [0.25, 0.3) is 0 Å². The van der Waals surface area contributed by atoms with Gasteiger partial charge in [0.15, 0.2) is 0 Å². The lowest BCUT2D eigenvalue weighted by Crippen LogP contribution is -2.47. The summed E-state index contributed by atoms with van der Waals surface area (Å²) in [5.74, 6) is -1.41. The molecule has 2 amide bonds. The van der Waals surface area contributed by atoms with Gasteiger partial charge in [0.2, 0.25) is 0 Å². The molecule has 4 N–H and O–H groups in total. The zero-order valence-corrected chi connectivity index (χ0v) is 11.8. The van der Waals surface area contributed by atoms with E-state index >= 15 is 0 Å². The minimum absolute atomic E-state index is 0.0348. The molecule has 114 valence electrons. The molecule has 1 fully saturated rings. The van der Waals surface area contributed by atoms with Crippen LogP contribution in [-0.2, 0) is 0 Å². The van der Waals surface area contributed by atoms with Crippen molar-refractivity contribution in [3.8, 4) is 5.75 Å². The van der Waals surface area contributed by atoms with Crippen LogP contribution in [-0.4, -0.2) is 53.3 Å². The molecule has 0 saturated carbocycles. The average molecular weight is 293 g/mol. The average Bonchev–Trinajstić information content (AvgIpc) is 2.40. The molecule has 0 spiro atoms. The summed E-state index contributed by atoms with van der Waals surface area (Å²) in [7, 11) is 2.00. The zero-order chi connectivity index (χ0) is 15.4. The van der Waals surface area contributed by atoms with Crippen molar-refractivity contribution in [2.45, 2.75) is 18.9 Å². The summed E-state index contributed by atoms with van der Waals surface area (Å²) in [5.41, 5.74) is 0.147. The monoisotopic (exact) mass is 293 g/mol. The Hall–Kier alpha value is -2.28. The number of carbonyl (C=O) groups excluding carboxylic acids is 1. The van der Waals surface area contributed by atoms with Gasteiger partial charge in [0.1, 0.15) is 5.75 Å². The largest absolute Gasteiger partial charge is 0.506 e. The molecule has 1 unspecified atom stereocenters. The van der Waals surface area contributed by atoms with Gasteiger partial charge in [-0.1, -0.05) is 0 Å². The van der Waals surface area contributed by atoms with E-state index in [1.807, 2.05) is 7.05 Å². The number of carboxylic acids is 1. The van der Waals surface area contributed by atoms with Gasteiger partial charge in [0, 0.05) is 12.6 Å². The van der Waals surface area contributed by atoms with E-state index in [4.69, 9.17) is 5.11 Å². The second-order valence-electron chi connectivity index (χ2n) is 5.24. The molecule has 1 aromatic rings. The first kappa shape index (κ1) is 15.1. The molecule has 21 heavy (non-hydrogen) atoms. The van der Waals surface area contributed by atoms with E-state index in [1.165, 1.54) is 12.1 Å². The van der Waals surface area contributed by atoms with Crippen molar-refractivity contribution in [2.24, 2.45) is 0 Å². The number of piperidine rings is 1. The van der Waals surface area contributed by atoms with E-state index in [1.54, 1.807) is 0 Å². The van der Waals surface area contributed by atoms with Crippen molar-refractivity contribution in [3.05, 3.63) is 23.8 Å². The summed E-state index contributed by atoms with van der Waals surface area (Å²) >= 11 is 0. The van der Waals surface area contributed by atoms with Gasteiger partial charge < -0.3 is 25.7 Å². The van der Waals surface area contributed by atoms with Crippen LogP contribution in [0, 0.1) is 0 Å². The van der Waals surface area contributed by atoms with Gasteiger partial charge in [0.05, 0.1) is 11.3 Å². The topological polar surface area (TPSA) is 102 Å². The number of likely N-dealkylation sites (N-methyl/N-ethyl adjacent to an activating group) is 1. The molecule has 1 atom stereocenters. The molecule has 1 aromatic carbocycles. The van der Waals surface area contributed by atoms with Crippen LogP contribution >= 0.6 is 0 Å². The van der Waals surface area contributed by atoms with Crippen LogP contribution in [0.1, 0.15) is 23.2 Å². The lowest BCUT2D eigenvalue weighted by molar-refractivity contribution is 0.0696. The fourth-order valence-corrected chi connectivity index (χ4v) is 2.40. The van der Waals surface area contributed by atoms with Crippen molar-refractivity contribution in [3.63, 3.8) is 0 Å². The number of aromatic carboxylic acids is 1. The third-order valence-electron chi connectivity index (χ3n) is 3.45. The van der Waals surface area contributed by atoms with Crippen LogP contribution < -0.4 is 10.6 Å². The number of likely N-dealkylation sites (tertiary alicyclic amines) is 1. The molecule has 0 aromatic heterocycles. The Morgan fingerprint density at radius 3 is 2.76 bits per heavy atom. The van der Waals surface area contributed by atoms with E-state index in [0.717, 1.165) is 32.0 Å². The zero-order valence-electron chi connectivity index (χ0n) is 11.8. The van der Waals surface area contributed by atoms with E-state index in [-0.39, 0.29) is 23.0 Å².